The molecule has 0 spiro atoms. The summed E-state index contributed by atoms with van der Waals surface area (Å²) < 4.78 is 1.72. The number of aromatic nitrogens is 3. The normalized spacial score (nSPS) is 14.1. The highest BCUT2D eigenvalue weighted by molar-refractivity contribution is 5.93. The average Bonchev–Trinajstić information content (AvgIpc) is 3.00. The van der Waals surface area contributed by atoms with Gasteiger partial charge in [0.25, 0.3) is 11.6 Å². The molecule has 1 N–H and O–H groups in total. The SMILES string of the molecule is CN(Cc1ncc[nH]1)C(=O)c1cc([N+](=O)[O-])cn1C1CC1. The smallest absolute Gasteiger partial charge is 0.287 e. The van der Waals surface area contributed by atoms with Crippen LogP contribution in [0.4, 0.5) is 5.69 Å². The maximum atomic E-state index is 12.5. The van der Waals surface area contributed by atoms with E-state index in [-0.39, 0.29) is 17.6 Å². The second-order valence-corrected chi connectivity index (χ2v) is 5.18. The molecule has 1 fully saturated rings. The maximum Gasteiger partial charge on any atom is 0.287 e. The Bertz CT molecular complexity index is 672. The number of nitro groups is 1. The Morgan fingerprint density at radius 1 is 1.62 bits per heavy atom. The number of H-pyrrole nitrogens is 1. The molecule has 2 heterocycles. The minimum absolute atomic E-state index is 0.0448. The summed E-state index contributed by atoms with van der Waals surface area (Å²) in [7, 11) is 1.65. The Labute approximate surface area is 120 Å². The van der Waals surface area contributed by atoms with Gasteiger partial charge in [-0.1, -0.05) is 0 Å². The molecule has 2 aromatic heterocycles. The van der Waals surface area contributed by atoms with Crippen LogP contribution in [0.3, 0.4) is 0 Å². The second kappa shape index (κ2) is 5.04. The molecular weight excluding hydrogens is 274 g/mol. The molecule has 0 saturated heterocycles. The van der Waals surface area contributed by atoms with E-state index in [9.17, 15) is 14.9 Å². The summed E-state index contributed by atoms with van der Waals surface area (Å²) in [5.41, 5.74) is 0.315. The average molecular weight is 289 g/mol. The largest absolute Gasteiger partial charge is 0.347 e. The third-order valence-electron chi connectivity index (χ3n) is 3.49. The summed E-state index contributed by atoms with van der Waals surface area (Å²) in [6.07, 6.45) is 6.66. The van der Waals surface area contributed by atoms with E-state index in [1.807, 2.05) is 0 Å². The van der Waals surface area contributed by atoms with E-state index in [0.717, 1.165) is 12.8 Å². The molecule has 0 radical (unpaired) electrons. The van der Waals surface area contributed by atoms with Crippen LogP contribution >= 0.6 is 0 Å². The van der Waals surface area contributed by atoms with Crippen LogP contribution in [0.15, 0.2) is 24.7 Å². The number of nitrogens with zero attached hydrogens (tertiary/aromatic N) is 4. The van der Waals surface area contributed by atoms with Gasteiger partial charge in [-0.05, 0) is 12.8 Å². The van der Waals surface area contributed by atoms with E-state index >= 15 is 0 Å². The Morgan fingerprint density at radius 3 is 2.95 bits per heavy atom. The van der Waals surface area contributed by atoms with Crippen molar-refractivity contribution in [3.8, 4) is 0 Å². The number of amides is 1. The predicted octanol–water partition coefficient (Wildman–Crippen LogP) is 1.73. The molecule has 0 aliphatic heterocycles. The lowest BCUT2D eigenvalue weighted by molar-refractivity contribution is -0.384. The second-order valence-electron chi connectivity index (χ2n) is 5.18. The van der Waals surface area contributed by atoms with Crippen LogP contribution in [-0.2, 0) is 6.54 Å². The van der Waals surface area contributed by atoms with Gasteiger partial charge in [-0.25, -0.2) is 4.98 Å². The first kappa shape index (κ1) is 13.3. The standard InChI is InChI=1S/C13H15N5O3/c1-16(8-12-14-4-5-15-12)13(19)11-6-10(18(20)21)7-17(11)9-2-3-9/h4-7,9H,2-3,8H2,1H3,(H,14,15). The van der Waals surface area contributed by atoms with E-state index in [1.165, 1.54) is 17.2 Å². The Hall–Kier alpha value is -2.64. The molecule has 3 rings (SSSR count). The van der Waals surface area contributed by atoms with Gasteiger partial charge in [-0.15, -0.1) is 0 Å². The number of imidazole rings is 1. The Morgan fingerprint density at radius 2 is 2.38 bits per heavy atom. The molecule has 8 heteroatoms. The highest BCUT2D eigenvalue weighted by Crippen LogP contribution is 2.38. The lowest BCUT2D eigenvalue weighted by Gasteiger charge is -2.16. The first-order valence-corrected chi connectivity index (χ1v) is 6.66. The molecule has 0 aromatic carbocycles. The van der Waals surface area contributed by atoms with Crippen LogP contribution in [0.2, 0.25) is 0 Å². The van der Waals surface area contributed by atoms with E-state index in [1.54, 1.807) is 24.0 Å². The van der Waals surface area contributed by atoms with Gasteiger partial charge >= 0.3 is 0 Å². The van der Waals surface area contributed by atoms with E-state index in [0.29, 0.717) is 18.1 Å². The molecule has 1 aliphatic carbocycles. The fraction of sp³-hybridized carbons (Fsp3) is 0.385. The van der Waals surface area contributed by atoms with Crippen molar-refractivity contribution in [1.29, 1.82) is 0 Å². The van der Waals surface area contributed by atoms with Crippen LogP contribution in [0.25, 0.3) is 0 Å². The van der Waals surface area contributed by atoms with E-state index in [2.05, 4.69) is 9.97 Å². The van der Waals surface area contributed by atoms with Gasteiger partial charge in [0, 0.05) is 31.5 Å². The van der Waals surface area contributed by atoms with Crippen molar-refractivity contribution in [3.05, 3.63) is 46.3 Å². The number of aromatic amines is 1. The highest BCUT2D eigenvalue weighted by atomic mass is 16.6. The zero-order valence-electron chi connectivity index (χ0n) is 11.5. The van der Waals surface area contributed by atoms with Gasteiger partial charge in [0.05, 0.1) is 17.7 Å². The third-order valence-corrected chi connectivity index (χ3v) is 3.49. The molecule has 2 aromatic rings. The number of nitrogens with one attached hydrogen (secondary N) is 1. The molecule has 0 bridgehead atoms. The van der Waals surface area contributed by atoms with Crippen LogP contribution in [0.5, 0.6) is 0 Å². The lowest BCUT2D eigenvalue weighted by Crippen LogP contribution is -2.28. The van der Waals surface area contributed by atoms with Crippen LogP contribution < -0.4 is 0 Å². The summed E-state index contributed by atoms with van der Waals surface area (Å²) in [4.78, 5) is 31.4. The monoisotopic (exact) mass is 289 g/mol. The third kappa shape index (κ3) is 2.64. The number of rotatable bonds is 5. The molecule has 0 unspecified atom stereocenters. The first-order chi connectivity index (χ1) is 10.1. The van der Waals surface area contributed by atoms with E-state index < -0.39 is 4.92 Å². The van der Waals surface area contributed by atoms with Gasteiger partial charge in [0.1, 0.15) is 11.5 Å². The number of hydrogen-bond donors (Lipinski definition) is 1. The zero-order valence-corrected chi connectivity index (χ0v) is 11.5. The minimum Gasteiger partial charge on any atom is -0.347 e. The van der Waals surface area contributed by atoms with Crippen LogP contribution in [0, 0.1) is 10.1 Å². The molecule has 110 valence electrons. The van der Waals surface area contributed by atoms with Crippen molar-refractivity contribution in [1.82, 2.24) is 19.4 Å². The molecule has 21 heavy (non-hydrogen) atoms. The van der Waals surface area contributed by atoms with Crippen LogP contribution in [0.1, 0.15) is 35.2 Å². The highest BCUT2D eigenvalue weighted by Gasteiger charge is 2.31. The molecule has 0 atom stereocenters. The summed E-state index contributed by atoms with van der Waals surface area (Å²) in [6, 6.07) is 1.55. The lowest BCUT2D eigenvalue weighted by atomic mass is 10.3. The van der Waals surface area contributed by atoms with Crippen molar-refractivity contribution in [3.63, 3.8) is 0 Å². The zero-order chi connectivity index (χ0) is 15.0. The van der Waals surface area contributed by atoms with Crippen LogP contribution in [-0.4, -0.2) is 37.3 Å². The summed E-state index contributed by atoms with van der Waals surface area (Å²) in [6.45, 7) is 0.329. The first-order valence-electron chi connectivity index (χ1n) is 6.66. The maximum absolute atomic E-state index is 12.5. The number of carbonyl (C=O) groups excluding carboxylic acids is 1. The fourth-order valence-corrected chi connectivity index (χ4v) is 2.27. The van der Waals surface area contributed by atoms with Gasteiger partial charge in [0.2, 0.25) is 0 Å². The van der Waals surface area contributed by atoms with Crippen molar-refractivity contribution < 1.29 is 9.72 Å². The van der Waals surface area contributed by atoms with Gasteiger partial charge in [-0.2, -0.15) is 0 Å². The summed E-state index contributed by atoms with van der Waals surface area (Å²) in [5.74, 6) is 0.427. The number of carbonyl (C=O) groups is 1. The summed E-state index contributed by atoms with van der Waals surface area (Å²) >= 11 is 0. The number of hydrogen-bond acceptors (Lipinski definition) is 4. The van der Waals surface area contributed by atoms with Crippen molar-refractivity contribution in [2.24, 2.45) is 0 Å². The quantitative estimate of drug-likeness (QED) is 0.669. The predicted molar refractivity (Wildman–Crippen MR) is 73.7 cm³/mol. The molecule has 1 aliphatic rings. The summed E-state index contributed by atoms with van der Waals surface area (Å²) in [5, 5.41) is 10.9. The Balaban J connectivity index is 1.84. The molecular formula is C13H15N5O3. The molecule has 1 saturated carbocycles. The molecule has 1 amide bonds. The molecule has 8 nitrogen and oxygen atoms in total. The van der Waals surface area contributed by atoms with Crippen molar-refractivity contribution in [2.75, 3.05) is 7.05 Å². The van der Waals surface area contributed by atoms with Gasteiger partial charge in [0.15, 0.2) is 0 Å². The van der Waals surface area contributed by atoms with Gasteiger partial charge < -0.3 is 14.5 Å². The Kier molecular flexibility index (Phi) is 3.20. The van der Waals surface area contributed by atoms with Crippen molar-refractivity contribution in [2.45, 2.75) is 25.4 Å². The fourth-order valence-electron chi connectivity index (χ4n) is 2.27. The van der Waals surface area contributed by atoms with Crippen molar-refractivity contribution >= 4 is 11.6 Å². The van der Waals surface area contributed by atoms with E-state index in [4.69, 9.17) is 0 Å². The minimum atomic E-state index is -0.470. The topological polar surface area (TPSA) is 97.1 Å². The van der Waals surface area contributed by atoms with Gasteiger partial charge in [-0.3, -0.25) is 14.9 Å².